The van der Waals surface area contributed by atoms with Crippen molar-refractivity contribution in [3.63, 3.8) is 0 Å². The maximum absolute atomic E-state index is 2.33. The Morgan fingerprint density at radius 2 is 1.69 bits per heavy atom. The van der Waals surface area contributed by atoms with E-state index in [4.69, 9.17) is 0 Å². The molecule has 0 fully saturated rings. The molecule has 3 rings (SSSR count). The van der Waals surface area contributed by atoms with Crippen molar-refractivity contribution in [1.82, 2.24) is 0 Å². The molecule has 0 aliphatic rings. The number of rotatable bonds is 0. The first-order valence-electron chi connectivity index (χ1n) is 5.47. The van der Waals surface area contributed by atoms with Gasteiger partial charge in [0.15, 0.2) is 0 Å². The van der Waals surface area contributed by atoms with Crippen molar-refractivity contribution in [2.75, 3.05) is 0 Å². The van der Waals surface area contributed by atoms with Gasteiger partial charge in [0.2, 0.25) is 0 Å². The summed E-state index contributed by atoms with van der Waals surface area (Å²) in [7, 11) is 0. The molecule has 0 saturated carbocycles. The quantitative estimate of drug-likeness (QED) is 0.429. The van der Waals surface area contributed by atoms with Crippen LogP contribution < -0.4 is 0 Å². The van der Waals surface area contributed by atoms with Gasteiger partial charge in [0, 0.05) is 0 Å². The molecule has 0 aliphatic heterocycles. The van der Waals surface area contributed by atoms with Gasteiger partial charge in [-0.1, -0.05) is 0 Å². The van der Waals surface area contributed by atoms with Gasteiger partial charge in [0.25, 0.3) is 0 Å². The third kappa shape index (κ3) is 1.57. The van der Waals surface area contributed by atoms with Gasteiger partial charge >= 0.3 is 101 Å². The molecule has 0 saturated heterocycles. The predicted molar refractivity (Wildman–Crippen MR) is 72.3 cm³/mol. The summed E-state index contributed by atoms with van der Waals surface area (Å²) >= 11 is 0.471. The van der Waals surface area contributed by atoms with Crippen molar-refractivity contribution in [3.8, 4) is 0 Å². The van der Waals surface area contributed by atoms with E-state index >= 15 is 0 Å². The average Bonchev–Trinajstić information content (AvgIpc) is 2.27. The third-order valence-electron chi connectivity index (χ3n) is 2.89. The second kappa shape index (κ2) is 3.69. The Kier molecular flexibility index (Phi) is 2.31. The zero-order valence-corrected chi connectivity index (χ0v) is 11.2. The van der Waals surface area contributed by atoms with E-state index in [1.807, 2.05) is 0 Å². The summed E-state index contributed by atoms with van der Waals surface area (Å²) in [6, 6.07) is 15.7. The second-order valence-corrected chi connectivity index (χ2v) is 6.49. The van der Waals surface area contributed by atoms with E-state index in [1.54, 1.807) is 4.26 Å². The Morgan fingerprint density at radius 1 is 0.875 bits per heavy atom. The summed E-state index contributed by atoms with van der Waals surface area (Å²) in [5.74, 6) is 0. The standard InChI is InChI=1S/C15H13Se/c1-10-7-11(2)15-13(8-10)9-12-5-3-4-6-14(12)16-15/h3-9H,1-2H3/q+1. The van der Waals surface area contributed by atoms with E-state index in [0.717, 1.165) is 0 Å². The molecule has 78 valence electrons. The van der Waals surface area contributed by atoms with Crippen LogP contribution in [0.15, 0.2) is 42.5 Å². The van der Waals surface area contributed by atoms with Crippen LogP contribution in [0, 0.1) is 13.8 Å². The van der Waals surface area contributed by atoms with Crippen molar-refractivity contribution >= 4 is 33.8 Å². The predicted octanol–water partition coefficient (Wildman–Crippen LogP) is 3.95. The van der Waals surface area contributed by atoms with Crippen molar-refractivity contribution in [2.45, 2.75) is 13.8 Å². The summed E-state index contributed by atoms with van der Waals surface area (Å²) in [6.45, 7) is 4.41. The third-order valence-corrected chi connectivity index (χ3v) is 5.73. The molecule has 0 unspecified atom stereocenters. The molecule has 0 bridgehead atoms. The van der Waals surface area contributed by atoms with Gasteiger partial charge in [0.1, 0.15) is 0 Å². The van der Waals surface area contributed by atoms with Crippen LogP contribution >= 0.6 is 0 Å². The number of aryl methyl sites for hydroxylation is 2. The van der Waals surface area contributed by atoms with Crippen LogP contribution in [0.5, 0.6) is 0 Å². The Hall–Kier alpha value is -1.17. The van der Waals surface area contributed by atoms with Gasteiger partial charge in [-0.2, -0.15) is 0 Å². The summed E-state index contributed by atoms with van der Waals surface area (Å²) in [4.78, 5) is 0. The van der Waals surface area contributed by atoms with E-state index < -0.39 is 0 Å². The van der Waals surface area contributed by atoms with E-state index in [-0.39, 0.29) is 0 Å². The molecule has 0 atom stereocenters. The average molecular weight is 272 g/mol. The molecule has 0 aliphatic carbocycles. The molecular formula is C15H13Se+. The Bertz CT molecular complexity index is 683. The fourth-order valence-electron chi connectivity index (χ4n) is 2.20. The zero-order chi connectivity index (χ0) is 11.1. The van der Waals surface area contributed by atoms with Crippen LogP contribution in [0.1, 0.15) is 11.1 Å². The van der Waals surface area contributed by atoms with Crippen LogP contribution in [-0.4, -0.2) is 14.5 Å². The molecular weight excluding hydrogens is 259 g/mol. The van der Waals surface area contributed by atoms with Gasteiger partial charge < -0.3 is 0 Å². The van der Waals surface area contributed by atoms with Gasteiger partial charge in [-0.25, -0.2) is 0 Å². The van der Waals surface area contributed by atoms with E-state index in [1.165, 1.54) is 26.2 Å². The van der Waals surface area contributed by atoms with Crippen LogP contribution in [0.2, 0.25) is 0 Å². The van der Waals surface area contributed by atoms with E-state index in [2.05, 4.69) is 56.3 Å². The molecule has 0 N–H and O–H groups in total. The Balaban J connectivity index is 2.51. The molecule has 16 heavy (non-hydrogen) atoms. The van der Waals surface area contributed by atoms with E-state index in [0.29, 0.717) is 14.5 Å². The molecule has 0 radical (unpaired) electrons. The Morgan fingerprint density at radius 3 is 2.56 bits per heavy atom. The minimum absolute atomic E-state index is 0.471. The zero-order valence-electron chi connectivity index (χ0n) is 9.45. The number of benzene rings is 2. The van der Waals surface area contributed by atoms with Gasteiger partial charge in [0.05, 0.1) is 0 Å². The molecule has 2 aromatic carbocycles. The fourth-order valence-corrected chi connectivity index (χ4v) is 4.44. The van der Waals surface area contributed by atoms with Gasteiger partial charge in [-0.05, 0) is 0 Å². The first-order valence-corrected chi connectivity index (χ1v) is 7.18. The van der Waals surface area contributed by atoms with Crippen molar-refractivity contribution in [2.24, 2.45) is 0 Å². The number of fused-ring (bicyclic) bond motifs is 2. The minimum atomic E-state index is 0.471. The van der Waals surface area contributed by atoms with Crippen LogP contribution in [0.3, 0.4) is 0 Å². The van der Waals surface area contributed by atoms with Crippen molar-refractivity contribution in [3.05, 3.63) is 53.6 Å². The molecule has 3 aromatic rings. The topological polar surface area (TPSA) is 0 Å². The molecule has 0 nitrogen and oxygen atoms in total. The number of hydrogen-bond donors (Lipinski definition) is 0. The van der Waals surface area contributed by atoms with Gasteiger partial charge in [-0.15, -0.1) is 0 Å². The molecule has 0 spiro atoms. The second-order valence-electron chi connectivity index (χ2n) is 4.28. The summed E-state index contributed by atoms with van der Waals surface area (Å²) in [6.07, 6.45) is 0. The van der Waals surface area contributed by atoms with Gasteiger partial charge in [-0.3, -0.25) is 0 Å². The van der Waals surface area contributed by atoms with Crippen LogP contribution in [0.4, 0.5) is 0 Å². The summed E-state index contributed by atoms with van der Waals surface area (Å²) < 4.78 is 3.06. The fraction of sp³-hybridized carbons (Fsp3) is 0.133. The van der Waals surface area contributed by atoms with E-state index in [9.17, 15) is 0 Å². The first kappa shape index (κ1) is 10.0. The van der Waals surface area contributed by atoms with Crippen LogP contribution in [-0.2, 0) is 0 Å². The molecule has 1 heterocycles. The molecule has 1 heteroatoms. The van der Waals surface area contributed by atoms with Crippen molar-refractivity contribution < 1.29 is 0 Å². The first-order chi connectivity index (χ1) is 7.74. The Labute approximate surface area is 101 Å². The van der Waals surface area contributed by atoms with Crippen LogP contribution in [0.25, 0.3) is 19.3 Å². The monoisotopic (exact) mass is 273 g/mol. The maximum atomic E-state index is 2.33. The molecule has 0 amide bonds. The SMILES string of the molecule is Cc1cc(C)c2[se+]c3ccccc3cc2c1. The van der Waals surface area contributed by atoms with Crippen molar-refractivity contribution in [1.29, 1.82) is 0 Å². The summed E-state index contributed by atoms with van der Waals surface area (Å²) in [5, 5.41) is 2.83. The molecule has 1 aromatic heterocycles. The number of hydrogen-bond acceptors (Lipinski definition) is 0. The summed E-state index contributed by atoms with van der Waals surface area (Å²) in [5.41, 5.74) is 2.81. The normalized spacial score (nSPS) is 11.1.